The van der Waals surface area contributed by atoms with E-state index in [1.807, 2.05) is 0 Å². The maximum atomic E-state index is 10.6. The van der Waals surface area contributed by atoms with Crippen LogP contribution in [0.4, 0.5) is 4.79 Å². The Bertz CT molecular complexity index is 192. The van der Waals surface area contributed by atoms with Gasteiger partial charge in [-0.15, -0.1) is 0 Å². The van der Waals surface area contributed by atoms with Gasteiger partial charge in [0.2, 0.25) is 0 Å². The standard InChI is InChI=1S/C16H31O3/c1-3-4-5-6-7-8-9-10-11-12-13-14-15-19-16(17)18-2/h2-15H2,1H3. The third-order valence-corrected chi connectivity index (χ3v) is 3.34. The van der Waals surface area contributed by atoms with Crippen LogP contribution >= 0.6 is 0 Å². The maximum Gasteiger partial charge on any atom is 0.508 e. The highest BCUT2D eigenvalue weighted by Gasteiger charge is 1.99. The molecule has 0 aromatic rings. The van der Waals surface area contributed by atoms with Crippen molar-refractivity contribution in [3.63, 3.8) is 0 Å². The van der Waals surface area contributed by atoms with Crippen LogP contribution < -0.4 is 0 Å². The first-order valence-corrected chi connectivity index (χ1v) is 7.90. The molecule has 0 aromatic carbocycles. The molecule has 0 saturated carbocycles. The molecule has 0 heterocycles. The first-order chi connectivity index (χ1) is 9.31. The number of hydrogen-bond donors (Lipinski definition) is 0. The Kier molecular flexibility index (Phi) is 14.7. The van der Waals surface area contributed by atoms with E-state index in [1.54, 1.807) is 0 Å². The quantitative estimate of drug-likeness (QED) is 0.321. The maximum absolute atomic E-state index is 10.6. The molecule has 0 saturated heterocycles. The molecule has 0 spiro atoms. The Morgan fingerprint density at radius 1 is 0.789 bits per heavy atom. The molecule has 0 rings (SSSR count). The highest BCUT2D eigenvalue weighted by atomic mass is 16.7. The lowest BCUT2D eigenvalue weighted by Crippen LogP contribution is -2.04. The fraction of sp³-hybridized carbons (Fsp3) is 0.875. The molecular formula is C16H31O3. The van der Waals surface area contributed by atoms with E-state index in [4.69, 9.17) is 4.74 Å². The molecule has 3 nitrogen and oxygen atoms in total. The summed E-state index contributed by atoms with van der Waals surface area (Å²) < 4.78 is 8.91. The summed E-state index contributed by atoms with van der Waals surface area (Å²) in [6, 6.07) is 0. The summed E-state index contributed by atoms with van der Waals surface area (Å²) in [5, 5.41) is 0. The second-order valence-corrected chi connectivity index (χ2v) is 5.13. The number of carbonyl (C=O) groups is 1. The van der Waals surface area contributed by atoms with E-state index in [1.165, 1.54) is 64.2 Å². The average molecular weight is 271 g/mol. The van der Waals surface area contributed by atoms with E-state index in [0.717, 1.165) is 12.8 Å². The number of hydrogen-bond acceptors (Lipinski definition) is 3. The summed E-state index contributed by atoms with van der Waals surface area (Å²) in [5.74, 6) is 0. The summed E-state index contributed by atoms with van der Waals surface area (Å²) in [5.41, 5.74) is 0. The SMILES string of the molecule is [CH2]OC(=O)OCCCCCCCCCCCCCC. The van der Waals surface area contributed by atoms with Gasteiger partial charge in [0.1, 0.15) is 7.11 Å². The van der Waals surface area contributed by atoms with Crippen LogP contribution in [0, 0.1) is 7.11 Å². The van der Waals surface area contributed by atoms with E-state index in [2.05, 4.69) is 18.8 Å². The predicted molar refractivity (Wildman–Crippen MR) is 78.9 cm³/mol. The first kappa shape index (κ1) is 18.3. The van der Waals surface area contributed by atoms with Gasteiger partial charge in [0, 0.05) is 0 Å². The molecule has 3 heteroatoms. The van der Waals surface area contributed by atoms with Crippen LogP contribution in [0.5, 0.6) is 0 Å². The molecule has 0 N–H and O–H groups in total. The fourth-order valence-corrected chi connectivity index (χ4v) is 2.14. The summed E-state index contributed by atoms with van der Waals surface area (Å²) in [6.07, 6.45) is 15.0. The summed E-state index contributed by atoms with van der Waals surface area (Å²) in [4.78, 5) is 10.6. The van der Waals surface area contributed by atoms with Crippen molar-refractivity contribution in [3.8, 4) is 0 Å². The van der Waals surface area contributed by atoms with Crippen LogP contribution in [0.15, 0.2) is 0 Å². The van der Waals surface area contributed by atoms with E-state index in [9.17, 15) is 4.79 Å². The second kappa shape index (κ2) is 15.3. The van der Waals surface area contributed by atoms with E-state index in [-0.39, 0.29) is 0 Å². The Labute approximate surface area is 119 Å². The molecule has 0 aliphatic heterocycles. The Morgan fingerprint density at radius 3 is 1.63 bits per heavy atom. The van der Waals surface area contributed by atoms with Crippen molar-refractivity contribution in [1.82, 2.24) is 0 Å². The number of rotatable bonds is 13. The van der Waals surface area contributed by atoms with Crippen LogP contribution in [0.3, 0.4) is 0 Å². The lowest BCUT2D eigenvalue weighted by Gasteiger charge is -2.03. The Balaban J connectivity index is 2.97. The summed E-state index contributed by atoms with van der Waals surface area (Å²) in [7, 11) is 2.99. The van der Waals surface area contributed by atoms with Gasteiger partial charge in [-0.05, 0) is 6.42 Å². The fourth-order valence-electron chi connectivity index (χ4n) is 2.14. The molecule has 0 fully saturated rings. The van der Waals surface area contributed by atoms with Crippen LogP contribution in [0.1, 0.15) is 84.0 Å². The molecule has 0 atom stereocenters. The van der Waals surface area contributed by atoms with E-state index < -0.39 is 6.16 Å². The lowest BCUT2D eigenvalue weighted by atomic mass is 10.1. The second-order valence-electron chi connectivity index (χ2n) is 5.13. The van der Waals surface area contributed by atoms with Gasteiger partial charge in [0.15, 0.2) is 0 Å². The average Bonchev–Trinajstić information content (AvgIpc) is 2.43. The van der Waals surface area contributed by atoms with Crippen molar-refractivity contribution in [2.75, 3.05) is 6.61 Å². The monoisotopic (exact) mass is 271 g/mol. The minimum atomic E-state index is -0.678. The summed E-state index contributed by atoms with van der Waals surface area (Å²) >= 11 is 0. The zero-order valence-corrected chi connectivity index (χ0v) is 12.6. The molecule has 0 aliphatic rings. The molecule has 0 bridgehead atoms. The van der Waals surface area contributed by atoms with Gasteiger partial charge in [-0.1, -0.05) is 77.6 Å². The van der Waals surface area contributed by atoms with Gasteiger partial charge in [-0.25, -0.2) is 4.79 Å². The van der Waals surface area contributed by atoms with Crippen LogP contribution in [0.2, 0.25) is 0 Å². The third kappa shape index (κ3) is 15.2. The minimum absolute atomic E-state index is 0.450. The predicted octanol–water partition coefficient (Wildman–Crippen LogP) is 5.63. The van der Waals surface area contributed by atoms with E-state index in [0.29, 0.717) is 6.61 Å². The number of ether oxygens (including phenoxy) is 2. The molecule has 0 aliphatic carbocycles. The van der Waals surface area contributed by atoms with Gasteiger partial charge < -0.3 is 9.47 Å². The lowest BCUT2D eigenvalue weighted by molar-refractivity contribution is 0.0814. The van der Waals surface area contributed by atoms with Crippen molar-refractivity contribution in [2.45, 2.75) is 84.0 Å². The molecule has 0 aromatic heterocycles. The molecule has 113 valence electrons. The van der Waals surface area contributed by atoms with Crippen molar-refractivity contribution in [3.05, 3.63) is 7.11 Å². The van der Waals surface area contributed by atoms with Gasteiger partial charge >= 0.3 is 6.16 Å². The third-order valence-electron chi connectivity index (χ3n) is 3.34. The van der Waals surface area contributed by atoms with Crippen LogP contribution in [0.25, 0.3) is 0 Å². The molecule has 0 unspecified atom stereocenters. The zero-order valence-electron chi connectivity index (χ0n) is 12.6. The number of unbranched alkanes of at least 4 members (excludes halogenated alkanes) is 11. The van der Waals surface area contributed by atoms with Crippen molar-refractivity contribution < 1.29 is 14.3 Å². The largest absolute Gasteiger partial charge is 0.508 e. The Morgan fingerprint density at radius 2 is 1.21 bits per heavy atom. The smallest absolute Gasteiger partial charge is 0.434 e. The van der Waals surface area contributed by atoms with Crippen molar-refractivity contribution in [1.29, 1.82) is 0 Å². The van der Waals surface area contributed by atoms with Crippen LogP contribution in [-0.2, 0) is 9.47 Å². The molecule has 0 amide bonds. The molecular weight excluding hydrogens is 240 g/mol. The highest BCUT2D eigenvalue weighted by Crippen LogP contribution is 2.11. The number of carbonyl (C=O) groups excluding carboxylic acids is 1. The van der Waals surface area contributed by atoms with Gasteiger partial charge in [0.25, 0.3) is 0 Å². The van der Waals surface area contributed by atoms with Crippen molar-refractivity contribution >= 4 is 6.16 Å². The minimum Gasteiger partial charge on any atom is -0.434 e. The first-order valence-electron chi connectivity index (χ1n) is 7.90. The zero-order chi connectivity index (χ0) is 14.2. The topological polar surface area (TPSA) is 35.5 Å². The molecule has 1 radical (unpaired) electrons. The van der Waals surface area contributed by atoms with E-state index >= 15 is 0 Å². The molecule has 19 heavy (non-hydrogen) atoms. The Hall–Kier alpha value is -0.730. The normalized spacial score (nSPS) is 10.4. The van der Waals surface area contributed by atoms with Crippen molar-refractivity contribution in [2.24, 2.45) is 0 Å². The van der Waals surface area contributed by atoms with Gasteiger partial charge in [0.05, 0.1) is 6.61 Å². The summed E-state index contributed by atoms with van der Waals surface area (Å²) in [6.45, 7) is 2.71. The highest BCUT2D eigenvalue weighted by molar-refractivity contribution is 5.59. The van der Waals surface area contributed by atoms with Crippen LogP contribution in [-0.4, -0.2) is 12.8 Å². The van der Waals surface area contributed by atoms with Gasteiger partial charge in [-0.3, -0.25) is 0 Å². The van der Waals surface area contributed by atoms with Gasteiger partial charge in [-0.2, -0.15) is 0 Å².